The van der Waals surface area contributed by atoms with Gasteiger partial charge < -0.3 is 19.3 Å². The van der Waals surface area contributed by atoms with Crippen LogP contribution in [0.1, 0.15) is 41.4 Å². The van der Waals surface area contributed by atoms with Crippen LogP contribution in [-0.4, -0.2) is 73.1 Å². The van der Waals surface area contributed by atoms with E-state index in [4.69, 9.17) is 0 Å². The third kappa shape index (κ3) is 4.73. The second-order valence-corrected chi connectivity index (χ2v) is 8.14. The summed E-state index contributed by atoms with van der Waals surface area (Å²) in [6.07, 6.45) is 7.18. The average molecular weight is 384 g/mol. The van der Waals surface area contributed by atoms with Crippen LogP contribution in [0.2, 0.25) is 0 Å². The van der Waals surface area contributed by atoms with Crippen molar-refractivity contribution in [2.24, 2.45) is 0 Å². The monoisotopic (exact) mass is 383 g/mol. The number of aryl methyl sites for hydroxylation is 1. The molecule has 0 aliphatic carbocycles. The van der Waals surface area contributed by atoms with Crippen LogP contribution in [-0.2, 0) is 6.54 Å². The Labute approximate surface area is 168 Å². The fourth-order valence-electron chi connectivity index (χ4n) is 4.01. The Bertz CT molecular complexity index is 783. The van der Waals surface area contributed by atoms with E-state index in [0.717, 1.165) is 62.5 Å². The minimum Gasteiger partial charge on any atom is -0.377 e. The van der Waals surface area contributed by atoms with Gasteiger partial charge in [-0.25, -0.2) is 4.98 Å². The van der Waals surface area contributed by atoms with Gasteiger partial charge in [0.2, 0.25) is 0 Å². The Balaban J connectivity index is 1.72. The summed E-state index contributed by atoms with van der Waals surface area (Å²) in [5, 5.41) is 0. The predicted molar refractivity (Wildman–Crippen MR) is 114 cm³/mol. The van der Waals surface area contributed by atoms with Crippen molar-refractivity contribution in [1.29, 1.82) is 0 Å². The quantitative estimate of drug-likeness (QED) is 0.737. The lowest BCUT2D eigenvalue weighted by molar-refractivity contribution is 0.0704. The Hall–Kier alpha value is -2.34. The molecule has 1 aliphatic rings. The number of aromatic nitrogens is 2. The number of anilines is 1. The van der Waals surface area contributed by atoms with Gasteiger partial charge in [-0.2, -0.15) is 0 Å². The number of imidazole rings is 1. The maximum Gasteiger partial charge on any atom is 0.255 e. The van der Waals surface area contributed by atoms with Crippen molar-refractivity contribution in [3.8, 4) is 0 Å². The second kappa shape index (κ2) is 9.24. The smallest absolute Gasteiger partial charge is 0.255 e. The molecule has 0 spiro atoms. The number of rotatable bonds is 7. The highest BCUT2D eigenvalue weighted by Gasteiger charge is 2.29. The number of likely N-dealkylation sites (tertiary alicyclic amines) is 1. The van der Waals surface area contributed by atoms with E-state index in [2.05, 4.69) is 34.7 Å². The lowest BCUT2D eigenvalue weighted by atomic mass is 9.96. The fourth-order valence-corrected chi connectivity index (χ4v) is 4.01. The highest BCUT2D eigenvalue weighted by Crippen LogP contribution is 2.28. The summed E-state index contributed by atoms with van der Waals surface area (Å²) in [6.45, 7) is 3.60. The van der Waals surface area contributed by atoms with E-state index in [1.165, 1.54) is 0 Å². The molecule has 1 fully saturated rings. The van der Waals surface area contributed by atoms with Gasteiger partial charge in [0.15, 0.2) is 0 Å². The molecule has 1 atom stereocenters. The van der Waals surface area contributed by atoms with Gasteiger partial charge in [-0.3, -0.25) is 4.79 Å². The van der Waals surface area contributed by atoms with Crippen molar-refractivity contribution >= 4 is 11.6 Å². The molecule has 0 bridgehead atoms. The number of piperidine rings is 1. The molecule has 28 heavy (non-hydrogen) atoms. The van der Waals surface area contributed by atoms with Crippen molar-refractivity contribution in [3.63, 3.8) is 0 Å². The van der Waals surface area contributed by atoms with E-state index in [-0.39, 0.29) is 5.91 Å². The summed E-state index contributed by atoms with van der Waals surface area (Å²) < 4.78 is 2.27. The Morgan fingerprint density at radius 1 is 1.21 bits per heavy atom. The summed E-state index contributed by atoms with van der Waals surface area (Å²) in [6, 6.07) is 7.87. The summed E-state index contributed by atoms with van der Waals surface area (Å²) in [4.78, 5) is 24.1. The summed E-state index contributed by atoms with van der Waals surface area (Å²) in [5.41, 5.74) is 1.75. The first-order valence-corrected chi connectivity index (χ1v) is 10.2. The number of nitrogens with zero attached hydrogens (tertiary/aromatic N) is 5. The maximum atomic E-state index is 13.2. The van der Waals surface area contributed by atoms with Crippen LogP contribution in [0.3, 0.4) is 0 Å². The Morgan fingerprint density at radius 2 is 2.00 bits per heavy atom. The van der Waals surface area contributed by atoms with Gasteiger partial charge >= 0.3 is 0 Å². The molecule has 1 aromatic heterocycles. The SMILES string of the molecule is CN(C)CCCn1ccnc1[C@@H]1CCCN(C(=O)c2ccccc2N(C)C)C1. The van der Waals surface area contributed by atoms with E-state index in [9.17, 15) is 4.79 Å². The zero-order chi connectivity index (χ0) is 20.1. The third-order valence-electron chi connectivity index (χ3n) is 5.44. The van der Waals surface area contributed by atoms with Gasteiger partial charge in [0.25, 0.3) is 5.91 Å². The van der Waals surface area contributed by atoms with Gasteiger partial charge in [-0.1, -0.05) is 12.1 Å². The molecule has 1 saturated heterocycles. The molecule has 3 rings (SSSR count). The number of hydrogen-bond acceptors (Lipinski definition) is 4. The van der Waals surface area contributed by atoms with E-state index < -0.39 is 0 Å². The molecule has 6 heteroatoms. The second-order valence-electron chi connectivity index (χ2n) is 8.14. The number of carbonyl (C=O) groups excluding carboxylic acids is 1. The Morgan fingerprint density at radius 3 is 2.75 bits per heavy atom. The van der Waals surface area contributed by atoms with Gasteiger partial charge in [0.05, 0.1) is 5.56 Å². The van der Waals surface area contributed by atoms with Gasteiger partial charge in [0, 0.05) is 57.7 Å². The lowest BCUT2D eigenvalue weighted by Crippen LogP contribution is -2.40. The number of benzene rings is 1. The zero-order valence-corrected chi connectivity index (χ0v) is 17.6. The standard InChI is InChI=1S/C22H33N5O/c1-24(2)13-8-15-26-16-12-23-21(26)18-9-7-14-27(17-18)22(28)19-10-5-6-11-20(19)25(3)4/h5-6,10-12,16,18H,7-9,13-15,17H2,1-4H3/t18-/m1/s1. The van der Waals surface area contributed by atoms with E-state index >= 15 is 0 Å². The number of hydrogen-bond donors (Lipinski definition) is 0. The molecule has 0 N–H and O–H groups in total. The minimum atomic E-state index is 0.125. The van der Waals surface area contributed by atoms with E-state index in [1.807, 2.05) is 54.4 Å². The van der Waals surface area contributed by atoms with Crippen molar-refractivity contribution in [2.45, 2.75) is 31.7 Å². The van der Waals surface area contributed by atoms with Crippen molar-refractivity contribution in [1.82, 2.24) is 19.4 Å². The first-order valence-electron chi connectivity index (χ1n) is 10.2. The molecule has 1 aliphatic heterocycles. The molecule has 1 aromatic carbocycles. The van der Waals surface area contributed by atoms with Crippen LogP contribution >= 0.6 is 0 Å². The molecular formula is C22H33N5O. The topological polar surface area (TPSA) is 44.6 Å². The molecule has 0 radical (unpaired) electrons. The first kappa shape index (κ1) is 20.4. The summed E-state index contributed by atoms with van der Waals surface area (Å²) in [5.74, 6) is 1.55. The van der Waals surface area contributed by atoms with E-state index in [0.29, 0.717) is 5.92 Å². The first-order chi connectivity index (χ1) is 13.5. The summed E-state index contributed by atoms with van der Waals surface area (Å²) >= 11 is 0. The van der Waals surface area contributed by atoms with Crippen LogP contribution in [0.5, 0.6) is 0 Å². The lowest BCUT2D eigenvalue weighted by Gasteiger charge is -2.33. The molecule has 152 valence electrons. The predicted octanol–water partition coefficient (Wildman–Crippen LogP) is 2.92. The van der Waals surface area contributed by atoms with Crippen molar-refractivity contribution < 1.29 is 4.79 Å². The van der Waals surface area contributed by atoms with Gasteiger partial charge in [-0.15, -0.1) is 0 Å². The molecule has 2 heterocycles. The molecule has 1 amide bonds. The highest BCUT2D eigenvalue weighted by molar-refractivity contribution is 5.99. The average Bonchev–Trinajstić information content (AvgIpc) is 3.15. The highest BCUT2D eigenvalue weighted by atomic mass is 16.2. The van der Waals surface area contributed by atoms with Gasteiger partial charge in [-0.05, 0) is 52.0 Å². The van der Waals surface area contributed by atoms with Crippen molar-refractivity contribution in [2.75, 3.05) is 52.7 Å². The molecule has 0 unspecified atom stereocenters. The van der Waals surface area contributed by atoms with Crippen molar-refractivity contribution in [3.05, 3.63) is 48.0 Å². The van der Waals surface area contributed by atoms with Crippen LogP contribution < -0.4 is 4.90 Å². The van der Waals surface area contributed by atoms with Crippen LogP contribution in [0, 0.1) is 0 Å². The summed E-state index contributed by atoms with van der Waals surface area (Å²) in [7, 11) is 8.17. The molecule has 6 nitrogen and oxygen atoms in total. The number of para-hydroxylation sites is 1. The third-order valence-corrected chi connectivity index (χ3v) is 5.44. The minimum absolute atomic E-state index is 0.125. The molecule has 2 aromatic rings. The number of amides is 1. The largest absolute Gasteiger partial charge is 0.377 e. The number of carbonyl (C=O) groups is 1. The Kier molecular flexibility index (Phi) is 6.73. The normalized spacial score (nSPS) is 17.2. The van der Waals surface area contributed by atoms with Crippen LogP contribution in [0.25, 0.3) is 0 Å². The zero-order valence-electron chi connectivity index (χ0n) is 17.6. The molecule has 0 saturated carbocycles. The maximum absolute atomic E-state index is 13.2. The fraction of sp³-hybridized carbons (Fsp3) is 0.545. The van der Waals surface area contributed by atoms with Crippen LogP contribution in [0.4, 0.5) is 5.69 Å². The van der Waals surface area contributed by atoms with E-state index in [1.54, 1.807) is 0 Å². The molecular weight excluding hydrogens is 350 g/mol. The van der Waals surface area contributed by atoms with Crippen LogP contribution in [0.15, 0.2) is 36.7 Å². The van der Waals surface area contributed by atoms with Gasteiger partial charge in [0.1, 0.15) is 5.82 Å².